The van der Waals surface area contributed by atoms with E-state index in [1.807, 2.05) is 18.2 Å². The number of hydrogen-bond donors (Lipinski definition) is 1. The van der Waals surface area contributed by atoms with Crippen molar-refractivity contribution in [2.24, 2.45) is 11.8 Å². The van der Waals surface area contributed by atoms with Crippen LogP contribution in [0, 0.1) is 11.8 Å². The number of anilines is 1. The van der Waals surface area contributed by atoms with Crippen LogP contribution < -0.4 is 5.32 Å². The van der Waals surface area contributed by atoms with Crippen LogP contribution in [-0.2, 0) is 24.5 Å². The van der Waals surface area contributed by atoms with Crippen molar-refractivity contribution >= 4 is 17.6 Å². The van der Waals surface area contributed by atoms with Gasteiger partial charge >= 0.3 is 5.97 Å². The predicted octanol–water partition coefficient (Wildman–Crippen LogP) is 2.70. The zero-order valence-electron chi connectivity index (χ0n) is 16.7. The van der Waals surface area contributed by atoms with Gasteiger partial charge in [0, 0.05) is 18.3 Å². The average molecular weight is 384 g/mol. The van der Waals surface area contributed by atoms with Gasteiger partial charge in [0.05, 0.1) is 31.5 Å². The molecule has 2 saturated heterocycles. The molecule has 0 radical (unpaired) electrons. The van der Waals surface area contributed by atoms with E-state index in [-0.39, 0.29) is 23.8 Å². The van der Waals surface area contributed by atoms with Crippen LogP contribution in [-0.4, -0.2) is 50.1 Å². The number of nitrogens with one attached hydrogen (secondary N) is 1. The van der Waals surface area contributed by atoms with Gasteiger partial charge in [-0.05, 0) is 42.9 Å². The van der Waals surface area contributed by atoms with E-state index in [4.69, 9.17) is 9.47 Å². The normalized spacial score (nSPS) is 32.0. The molecular weight excluding hydrogens is 356 g/mol. The molecule has 4 rings (SSSR count). The summed E-state index contributed by atoms with van der Waals surface area (Å²) in [7, 11) is 2.95. The number of para-hydroxylation sites is 1. The summed E-state index contributed by atoms with van der Waals surface area (Å²) in [4.78, 5) is 28.1. The second kappa shape index (κ2) is 7.24. The predicted molar refractivity (Wildman–Crippen MR) is 106 cm³/mol. The van der Waals surface area contributed by atoms with E-state index < -0.39 is 5.41 Å². The molecule has 1 aromatic rings. The molecule has 3 aliphatic heterocycles. The lowest BCUT2D eigenvalue weighted by Crippen LogP contribution is -2.53. The van der Waals surface area contributed by atoms with E-state index in [1.165, 1.54) is 13.4 Å². The van der Waals surface area contributed by atoms with Gasteiger partial charge in [-0.2, -0.15) is 0 Å². The summed E-state index contributed by atoms with van der Waals surface area (Å²) in [5, 5.41) is 3.10. The van der Waals surface area contributed by atoms with E-state index in [9.17, 15) is 9.59 Å². The van der Waals surface area contributed by atoms with Crippen LogP contribution >= 0.6 is 0 Å². The molecule has 2 fully saturated rings. The fourth-order valence-electron chi connectivity index (χ4n) is 5.63. The third kappa shape index (κ3) is 2.65. The second-order valence-electron chi connectivity index (χ2n) is 8.04. The van der Waals surface area contributed by atoms with E-state index in [2.05, 4.69) is 23.2 Å². The van der Waals surface area contributed by atoms with Crippen molar-refractivity contribution in [3.05, 3.63) is 41.7 Å². The Morgan fingerprint density at radius 1 is 1.36 bits per heavy atom. The minimum Gasteiger partial charge on any atom is -0.504 e. The number of carbonyl (C=O) groups excluding carboxylic acids is 2. The van der Waals surface area contributed by atoms with Crippen molar-refractivity contribution in [3.8, 4) is 0 Å². The summed E-state index contributed by atoms with van der Waals surface area (Å²) in [6.45, 7) is 3.93. The number of carbonyl (C=O) groups is 2. The number of piperidine rings is 1. The molecule has 6 nitrogen and oxygen atoms in total. The van der Waals surface area contributed by atoms with Crippen molar-refractivity contribution in [1.29, 1.82) is 0 Å². The highest BCUT2D eigenvalue weighted by Gasteiger charge is 2.60. The van der Waals surface area contributed by atoms with Gasteiger partial charge in [0.1, 0.15) is 0 Å². The minimum absolute atomic E-state index is 0.00851. The number of nitrogens with zero attached hydrogens (tertiary/aromatic N) is 1. The second-order valence-corrected chi connectivity index (χ2v) is 8.04. The van der Waals surface area contributed by atoms with Gasteiger partial charge in [-0.25, -0.2) is 4.79 Å². The largest absolute Gasteiger partial charge is 0.504 e. The number of fused-ring (bicyclic) bond motifs is 4. The highest BCUT2D eigenvalue weighted by atomic mass is 16.5. The first-order chi connectivity index (χ1) is 13.6. The fraction of sp³-hybridized carbons (Fsp3) is 0.545. The lowest BCUT2D eigenvalue weighted by molar-refractivity contribution is -0.137. The number of methoxy groups -OCH3 is 2. The molecule has 1 spiro atoms. The first-order valence-corrected chi connectivity index (χ1v) is 10.0. The van der Waals surface area contributed by atoms with Gasteiger partial charge in [0.25, 0.3) is 0 Å². The highest BCUT2D eigenvalue weighted by Crippen LogP contribution is 2.53. The number of benzene rings is 1. The van der Waals surface area contributed by atoms with Crippen LogP contribution in [0.5, 0.6) is 0 Å². The Morgan fingerprint density at radius 3 is 2.86 bits per heavy atom. The Bertz CT molecular complexity index is 821. The summed E-state index contributed by atoms with van der Waals surface area (Å²) < 4.78 is 10.3. The molecule has 0 aromatic heterocycles. The maximum atomic E-state index is 13.2. The van der Waals surface area contributed by atoms with Crippen LogP contribution in [0.3, 0.4) is 0 Å². The van der Waals surface area contributed by atoms with E-state index in [0.717, 1.165) is 43.6 Å². The first-order valence-electron chi connectivity index (χ1n) is 10.0. The molecule has 4 atom stereocenters. The number of esters is 1. The molecular formula is C22H28N2O4. The van der Waals surface area contributed by atoms with E-state index in [0.29, 0.717) is 11.5 Å². The average Bonchev–Trinajstić information content (AvgIpc) is 3.23. The molecule has 6 heteroatoms. The molecule has 150 valence electrons. The zero-order chi connectivity index (χ0) is 19.9. The molecule has 0 aliphatic carbocycles. The topological polar surface area (TPSA) is 67.9 Å². The monoisotopic (exact) mass is 384 g/mol. The van der Waals surface area contributed by atoms with Crippen LogP contribution in [0.2, 0.25) is 0 Å². The van der Waals surface area contributed by atoms with Crippen LogP contribution in [0.4, 0.5) is 5.69 Å². The van der Waals surface area contributed by atoms with Gasteiger partial charge in [-0.15, -0.1) is 0 Å². The molecule has 0 bridgehead atoms. The van der Waals surface area contributed by atoms with Gasteiger partial charge in [0.2, 0.25) is 5.91 Å². The van der Waals surface area contributed by atoms with Crippen molar-refractivity contribution in [2.45, 2.75) is 37.6 Å². The smallest absolute Gasteiger partial charge is 0.337 e. The van der Waals surface area contributed by atoms with Gasteiger partial charge in [-0.3, -0.25) is 9.69 Å². The first kappa shape index (κ1) is 19.0. The van der Waals surface area contributed by atoms with Crippen molar-refractivity contribution in [1.82, 2.24) is 4.90 Å². The third-order valence-electron chi connectivity index (χ3n) is 6.97. The summed E-state index contributed by atoms with van der Waals surface area (Å²) in [5.41, 5.74) is 2.05. The van der Waals surface area contributed by atoms with Crippen LogP contribution in [0.1, 0.15) is 31.7 Å². The Morgan fingerprint density at radius 2 is 2.14 bits per heavy atom. The molecule has 1 aromatic carbocycles. The SMILES string of the molecule is CC[C@@H]1CN2CCC3(C(=O)Nc4ccccc43)[C@@H]2C[C@@H]1/C(=C\OC)C(=O)OC. The number of hydrogen-bond acceptors (Lipinski definition) is 5. The Hall–Kier alpha value is -2.34. The fourth-order valence-corrected chi connectivity index (χ4v) is 5.63. The molecule has 3 aliphatic rings. The number of rotatable bonds is 4. The van der Waals surface area contributed by atoms with Crippen molar-refractivity contribution in [2.75, 3.05) is 32.6 Å². The Balaban J connectivity index is 1.74. The maximum absolute atomic E-state index is 13.2. The summed E-state index contributed by atoms with van der Waals surface area (Å²) in [6, 6.07) is 8.07. The van der Waals surface area contributed by atoms with Gasteiger partial charge in [-0.1, -0.05) is 31.5 Å². The minimum atomic E-state index is -0.540. The van der Waals surface area contributed by atoms with Gasteiger partial charge in [0.15, 0.2) is 0 Å². The van der Waals surface area contributed by atoms with Gasteiger partial charge < -0.3 is 14.8 Å². The zero-order valence-corrected chi connectivity index (χ0v) is 16.7. The quantitative estimate of drug-likeness (QED) is 0.491. The van der Waals surface area contributed by atoms with Crippen molar-refractivity contribution in [3.63, 3.8) is 0 Å². The standard InChI is InChI=1S/C22H28N2O4/c1-4-14-12-24-10-9-22(17-7-5-6-8-18(17)23-21(22)26)19(24)11-15(14)16(13-27-2)20(25)28-3/h5-8,13-15,19H,4,9-12H2,1-3H3,(H,23,26)/b16-13+/t14-,15+,19+,22?/m1/s1. The molecule has 1 N–H and O–H groups in total. The molecule has 0 saturated carbocycles. The van der Waals surface area contributed by atoms with E-state index >= 15 is 0 Å². The summed E-state index contributed by atoms with van der Waals surface area (Å²) >= 11 is 0. The summed E-state index contributed by atoms with van der Waals surface area (Å²) in [6.07, 6.45) is 4.04. The number of amides is 1. The number of ether oxygens (including phenoxy) is 2. The molecule has 3 heterocycles. The summed E-state index contributed by atoms with van der Waals surface area (Å²) in [5.74, 6) is 0.0769. The van der Waals surface area contributed by atoms with E-state index in [1.54, 1.807) is 7.11 Å². The third-order valence-corrected chi connectivity index (χ3v) is 6.97. The highest BCUT2D eigenvalue weighted by molar-refractivity contribution is 6.07. The van der Waals surface area contributed by atoms with Crippen LogP contribution in [0.25, 0.3) is 0 Å². The van der Waals surface area contributed by atoms with Crippen molar-refractivity contribution < 1.29 is 19.1 Å². The van der Waals surface area contributed by atoms with Crippen LogP contribution in [0.15, 0.2) is 36.1 Å². The Kier molecular flexibility index (Phi) is 4.91. The molecule has 1 unspecified atom stereocenters. The lowest BCUT2D eigenvalue weighted by atomic mass is 9.67. The molecule has 1 amide bonds. The Labute approximate surface area is 165 Å². The lowest BCUT2D eigenvalue weighted by Gasteiger charge is -2.45. The maximum Gasteiger partial charge on any atom is 0.337 e. The molecule has 28 heavy (non-hydrogen) atoms.